The van der Waals surface area contributed by atoms with E-state index in [1.54, 1.807) is 24.3 Å². The fourth-order valence-electron chi connectivity index (χ4n) is 5.08. The molecule has 0 aliphatic heterocycles. The number of benzene rings is 4. The van der Waals surface area contributed by atoms with Crippen molar-refractivity contribution in [1.82, 2.24) is 10.3 Å². The molecule has 234 valence electrons. The molecule has 0 saturated carbocycles. The number of aromatic carboxylic acids is 1. The van der Waals surface area contributed by atoms with Crippen molar-refractivity contribution in [3.8, 4) is 39.7 Å². The minimum atomic E-state index is -3.77. The van der Waals surface area contributed by atoms with Gasteiger partial charge >= 0.3 is 5.97 Å². The number of carboxylic acids is 1. The third kappa shape index (κ3) is 5.52. The smallest absolute Gasteiger partial charge is 0.335 e. The molecule has 0 unspecified atom stereocenters. The van der Waals surface area contributed by atoms with E-state index in [2.05, 4.69) is 15.0 Å². The Morgan fingerprint density at radius 2 is 1.67 bits per heavy atom. The Balaban J connectivity index is 1.59. The van der Waals surface area contributed by atoms with Crippen LogP contribution in [0.4, 0.5) is 10.1 Å². The average molecular weight is 644 g/mol. The monoisotopic (exact) mass is 643 g/mol. The summed E-state index contributed by atoms with van der Waals surface area (Å²) in [4.78, 5) is 29.2. The summed E-state index contributed by atoms with van der Waals surface area (Å²) in [5, 5.41) is 12.4. The number of halogens is 1. The second-order valence-electron chi connectivity index (χ2n) is 10.2. The Morgan fingerprint density at radius 3 is 2.35 bits per heavy atom. The van der Waals surface area contributed by atoms with E-state index in [0.29, 0.717) is 44.5 Å². The van der Waals surface area contributed by atoms with Crippen LogP contribution in [0.15, 0.2) is 81.6 Å². The molecule has 0 spiro atoms. The van der Waals surface area contributed by atoms with Crippen LogP contribution in [-0.4, -0.2) is 50.3 Å². The summed E-state index contributed by atoms with van der Waals surface area (Å²) in [5.74, 6) is -1.54. The molecular weight excluding hydrogens is 617 g/mol. The molecule has 0 aliphatic carbocycles. The Morgan fingerprint density at radius 1 is 0.935 bits per heavy atom. The zero-order chi connectivity index (χ0) is 32.7. The van der Waals surface area contributed by atoms with E-state index in [1.807, 2.05) is 0 Å². The summed E-state index contributed by atoms with van der Waals surface area (Å²) in [6.45, 7) is 1.50. The van der Waals surface area contributed by atoms with E-state index >= 15 is 0 Å². The van der Waals surface area contributed by atoms with Gasteiger partial charge in [-0.25, -0.2) is 22.6 Å². The van der Waals surface area contributed by atoms with Gasteiger partial charge in [0.2, 0.25) is 15.9 Å². The second kappa shape index (κ2) is 11.7. The van der Waals surface area contributed by atoms with Gasteiger partial charge in [0.25, 0.3) is 5.91 Å². The van der Waals surface area contributed by atoms with Gasteiger partial charge in [0.1, 0.15) is 28.4 Å². The Kier molecular flexibility index (Phi) is 7.70. The number of anilines is 1. The molecule has 46 heavy (non-hydrogen) atoms. The van der Waals surface area contributed by atoms with E-state index in [4.69, 9.17) is 13.6 Å². The van der Waals surface area contributed by atoms with Crippen molar-refractivity contribution in [2.75, 3.05) is 24.6 Å². The van der Waals surface area contributed by atoms with Gasteiger partial charge in [0, 0.05) is 29.6 Å². The number of hydrogen-bond acceptors (Lipinski definition) is 8. The van der Waals surface area contributed by atoms with E-state index in [9.17, 15) is 27.5 Å². The molecule has 2 aromatic heterocycles. The fourth-order valence-corrected chi connectivity index (χ4v) is 5.73. The molecule has 2 heterocycles. The quantitative estimate of drug-likeness (QED) is 0.159. The molecular formula is C33H26FN3O8S. The summed E-state index contributed by atoms with van der Waals surface area (Å²) in [7, 11) is -0.838. The number of ether oxygens (including phenoxy) is 1. The first kappa shape index (κ1) is 30.3. The van der Waals surface area contributed by atoms with Crippen LogP contribution in [0, 0.1) is 5.82 Å². The van der Waals surface area contributed by atoms with Crippen LogP contribution < -0.4 is 14.8 Å². The highest BCUT2D eigenvalue weighted by Gasteiger charge is 2.25. The molecule has 0 aliphatic rings. The number of rotatable bonds is 9. The van der Waals surface area contributed by atoms with Gasteiger partial charge in [-0.15, -0.1) is 0 Å². The summed E-state index contributed by atoms with van der Waals surface area (Å²) < 4.78 is 59.6. The maximum Gasteiger partial charge on any atom is 0.335 e. The summed E-state index contributed by atoms with van der Waals surface area (Å²) in [6, 6.07) is 18.0. The van der Waals surface area contributed by atoms with Crippen molar-refractivity contribution >= 4 is 49.7 Å². The van der Waals surface area contributed by atoms with Gasteiger partial charge < -0.3 is 24.0 Å². The van der Waals surface area contributed by atoms with Crippen LogP contribution in [0.2, 0.25) is 0 Å². The summed E-state index contributed by atoms with van der Waals surface area (Å²) in [6.07, 6.45) is 0. The molecule has 13 heteroatoms. The lowest BCUT2D eigenvalue weighted by atomic mass is 9.97. The van der Waals surface area contributed by atoms with Crippen molar-refractivity contribution < 1.29 is 41.1 Å². The van der Waals surface area contributed by atoms with Gasteiger partial charge in [-0.3, -0.25) is 9.52 Å². The lowest BCUT2D eigenvalue weighted by molar-refractivity contribution is 0.0696. The third-order valence-corrected chi connectivity index (χ3v) is 8.70. The van der Waals surface area contributed by atoms with E-state index in [-0.39, 0.29) is 39.8 Å². The minimum Gasteiger partial charge on any atom is -0.496 e. The van der Waals surface area contributed by atoms with Crippen molar-refractivity contribution in [3.63, 3.8) is 0 Å². The molecule has 0 atom stereocenters. The highest BCUT2D eigenvalue weighted by atomic mass is 32.2. The largest absolute Gasteiger partial charge is 0.496 e. The zero-order valence-corrected chi connectivity index (χ0v) is 25.5. The molecule has 6 aromatic rings. The van der Waals surface area contributed by atoms with E-state index in [0.717, 1.165) is 0 Å². The highest BCUT2D eigenvalue weighted by Crippen LogP contribution is 2.42. The first-order chi connectivity index (χ1) is 22.0. The lowest BCUT2D eigenvalue weighted by Gasteiger charge is -2.14. The number of amides is 1. The van der Waals surface area contributed by atoms with Gasteiger partial charge in [-0.1, -0.05) is 6.07 Å². The SMILES string of the molecule is CCS(=O)(=O)Nc1cc2oc(-c3ccc(F)cc3)c(C(=O)NC)c2cc1-c1ccc(OC)c(-c2nc3cc(C(=O)O)ccc3o2)c1. The number of nitrogens with zero attached hydrogens (tertiary/aromatic N) is 1. The Bertz CT molecular complexity index is 2270. The molecule has 6 rings (SSSR count). The van der Waals surface area contributed by atoms with Crippen molar-refractivity contribution in [2.45, 2.75) is 6.92 Å². The number of carbonyl (C=O) groups excluding carboxylic acids is 1. The molecule has 0 bridgehead atoms. The Labute approximate surface area is 261 Å². The number of furan rings is 1. The maximum atomic E-state index is 13.7. The van der Waals surface area contributed by atoms with Crippen LogP contribution in [0.5, 0.6) is 5.75 Å². The van der Waals surface area contributed by atoms with Gasteiger partial charge in [-0.05, 0) is 73.2 Å². The Hall–Kier alpha value is -5.69. The number of methoxy groups -OCH3 is 1. The molecule has 4 aromatic carbocycles. The zero-order valence-electron chi connectivity index (χ0n) is 24.7. The predicted molar refractivity (Wildman–Crippen MR) is 170 cm³/mol. The van der Waals surface area contributed by atoms with Crippen LogP contribution in [-0.2, 0) is 10.0 Å². The number of hydrogen-bond donors (Lipinski definition) is 3. The fraction of sp³-hybridized carbons (Fsp3) is 0.121. The maximum absolute atomic E-state index is 13.7. The number of fused-ring (bicyclic) bond motifs is 2. The molecule has 0 saturated heterocycles. The highest BCUT2D eigenvalue weighted by molar-refractivity contribution is 7.92. The number of sulfonamides is 1. The average Bonchev–Trinajstić information content (AvgIpc) is 3.65. The predicted octanol–water partition coefficient (Wildman–Crippen LogP) is 6.54. The van der Waals surface area contributed by atoms with Crippen LogP contribution in [0.1, 0.15) is 27.6 Å². The van der Waals surface area contributed by atoms with Crippen LogP contribution in [0.25, 0.3) is 56.0 Å². The minimum absolute atomic E-state index is 0.0428. The number of carboxylic acid groups (broad SMARTS) is 1. The van der Waals surface area contributed by atoms with Gasteiger partial charge in [0.05, 0.1) is 35.2 Å². The van der Waals surface area contributed by atoms with Crippen molar-refractivity contribution in [2.24, 2.45) is 0 Å². The second-order valence-corrected chi connectivity index (χ2v) is 12.2. The van der Waals surface area contributed by atoms with Crippen LogP contribution >= 0.6 is 0 Å². The number of aromatic nitrogens is 1. The molecule has 3 N–H and O–H groups in total. The molecule has 1 amide bonds. The number of carbonyl (C=O) groups is 2. The summed E-state index contributed by atoms with van der Waals surface area (Å²) in [5.41, 5.74) is 3.05. The van der Waals surface area contributed by atoms with Crippen molar-refractivity contribution in [1.29, 1.82) is 0 Å². The first-order valence-electron chi connectivity index (χ1n) is 13.9. The van der Waals surface area contributed by atoms with E-state index in [1.165, 1.54) is 69.6 Å². The topological polar surface area (TPSA) is 161 Å². The number of oxazole rings is 1. The molecule has 0 radical (unpaired) electrons. The lowest BCUT2D eigenvalue weighted by Crippen LogP contribution is -2.18. The van der Waals surface area contributed by atoms with E-state index < -0.39 is 27.7 Å². The number of nitrogens with one attached hydrogen (secondary N) is 2. The van der Waals surface area contributed by atoms with Gasteiger partial charge in [-0.2, -0.15) is 0 Å². The molecule has 11 nitrogen and oxygen atoms in total. The molecule has 0 fully saturated rings. The van der Waals surface area contributed by atoms with Gasteiger partial charge in [0.15, 0.2) is 5.58 Å². The normalized spacial score (nSPS) is 11.6. The standard InChI is InChI=1S/C33H26FN3O8S/c1-4-46(41,42)37-24-16-28-22(29(31(38)35-2)30(44-28)17-5-9-20(34)10-6-17)15-21(24)18-7-11-26(43-3)23(13-18)32-36-25-14-19(33(39)40)8-12-27(25)45-32/h5-16,37H,4H2,1-3H3,(H,35,38)(H,39,40). The first-order valence-corrected chi connectivity index (χ1v) is 15.6. The van der Waals surface area contributed by atoms with Crippen LogP contribution in [0.3, 0.4) is 0 Å². The summed E-state index contributed by atoms with van der Waals surface area (Å²) >= 11 is 0. The van der Waals surface area contributed by atoms with Crippen molar-refractivity contribution in [3.05, 3.63) is 89.7 Å². The third-order valence-electron chi connectivity index (χ3n) is 7.41.